The number of ether oxygens (including phenoxy) is 1. The minimum absolute atomic E-state index is 0.00489. The number of halogens is 2. The van der Waals surface area contributed by atoms with Crippen molar-refractivity contribution in [2.24, 2.45) is 0 Å². The van der Waals surface area contributed by atoms with E-state index in [-0.39, 0.29) is 12.2 Å². The lowest BCUT2D eigenvalue weighted by atomic mass is 10.0. The number of hydrogen-bond acceptors (Lipinski definition) is 2. The van der Waals surface area contributed by atoms with Crippen molar-refractivity contribution in [1.82, 2.24) is 0 Å². The van der Waals surface area contributed by atoms with Gasteiger partial charge in [-0.05, 0) is 17.7 Å². The second kappa shape index (κ2) is 5.61. The van der Waals surface area contributed by atoms with Crippen LogP contribution in [0.2, 0.25) is 0 Å². The summed E-state index contributed by atoms with van der Waals surface area (Å²) in [5.41, 5.74) is 0.0450. The van der Waals surface area contributed by atoms with Gasteiger partial charge in [0, 0.05) is 5.56 Å². The lowest BCUT2D eigenvalue weighted by molar-refractivity contribution is -0.140. The SMILES string of the molecule is CCOC(=O)C(F)=C(F)c1cccc2ccccc12. The van der Waals surface area contributed by atoms with Gasteiger partial charge >= 0.3 is 5.97 Å². The summed E-state index contributed by atoms with van der Waals surface area (Å²) in [6.07, 6.45) is 0. The molecule has 0 aromatic heterocycles. The van der Waals surface area contributed by atoms with E-state index >= 15 is 0 Å². The molecule has 0 bridgehead atoms. The van der Waals surface area contributed by atoms with Crippen LogP contribution in [-0.4, -0.2) is 12.6 Å². The quantitative estimate of drug-likeness (QED) is 0.617. The third-order valence-electron chi connectivity index (χ3n) is 2.67. The molecule has 2 nitrogen and oxygen atoms in total. The summed E-state index contributed by atoms with van der Waals surface area (Å²) in [4.78, 5) is 11.2. The third-order valence-corrected chi connectivity index (χ3v) is 2.67. The first-order valence-electron chi connectivity index (χ1n) is 5.85. The van der Waals surface area contributed by atoms with E-state index in [0.29, 0.717) is 5.39 Å². The fraction of sp³-hybridized carbons (Fsp3) is 0.133. The third kappa shape index (κ3) is 2.62. The van der Waals surface area contributed by atoms with Crippen LogP contribution >= 0.6 is 0 Å². The maximum Gasteiger partial charge on any atom is 0.370 e. The highest BCUT2D eigenvalue weighted by molar-refractivity contribution is 5.99. The van der Waals surface area contributed by atoms with Crippen molar-refractivity contribution in [3.8, 4) is 0 Å². The number of rotatable bonds is 3. The standard InChI is InChI=1S/C15H12F2O2/c1-2-19-15(18)14(17)13(16)12-9-5-7-10-6-3-4-8-11(10)12/h3-9H,2H2,1H3. The Bertz CT molecular complexity index is 642. The van der Waals surface area contributed by atoms with E-state index in [1.807, 2.05) is 0 Å². The second-order valence-electron chi connectivity index (χ2n) is 3.88. The Hall–Kier alpha value is -2.23. The summed E-state index contributed by atoms with van der Waals surface area (Å²) >= 11 is 0. The highest BCUT2D eigenvalue weighted by Crippen LogP contribution is 2.29. The zero-order chi connectivity index (χ0) is 13.8. The predicted molar refractivity (Wildman–Crippen MR) is 69.7 cm³/mol. The van der Waals surface area contributed by atoms with Crippen LogP contribution in [0.5, 0.6) is 0 Å². The van der Waals surface area contributed by atoms with Gasteiger partial charge < -0.3 is 4.74 Å². The molecular formula is C15H12F2O2. The van der Waals surface area contributed by atoms with Crippen molar-refractivity contribution in [3.05, 3.63) is 53.9 Å². The summed E-state index contributed by atoms with van der Waals surface area (Å²) in [5, 5.41) is 1.31. The first-order valence-corrected chi connectivity index (χ1v) is 5.85. The van der Waals surface area contributed by atoms with Gasteiger partial charge in [-0.1, -0.05) is 42.5 Å². The van der Waals surface area contributed by atoms with Crippen molar-refractivity contribution in [3.63, 3.8) is 0 Å². The van der Waals surface area contributed by atoms with Crippen LogP contribution in [0, 0.1) is 0 Å². The van der Waals surface area contributed by atoms with Gasteiger partial charge in [-0.2, -0.15) is 4.39 Å². The molecule has 0 fully saturated rings. The molecule has 0 heterocycles. The average Bonchev–Trinajstić information content (AvgIpc) is 2.45. The molecule has 0 saturated heterocycles. The smallest absolute Gasteiger partial charge is 0.370 e. The Balaban J connectivity index is 2.55. The summed E-state index contributed by atoms with van der Waals surface area (Å²) in [6, 6.07) is 11.8. The predicted octanol–water partition coefficient (Wildman–Crippen LogP) is 4.01. The molecule has 0 aliphatic carbocycles. The van der Waals surface area contributed by atoms with Gasteiger partial charge in [-0.3, -0.25) is 0 Å². The van der Waals surface area contributed by atoms with Crippen molar-refractivity contribution in [2.75, 3.05) is 6.61 Å². The highest BCUT2D eigenvalue weighted by atomic mass is 19.2. The van der Waals surface area contributed by atoms with E-state index in [4.69, 9.17) is 0 Å². The zero-order valence-corrected chi connectivity index (χ0v) is 10.3. The van der Waals surface area contributed by atoms with Gasteiger partial charge in [0.25, 0.3) is 0 Å². The fourth-order valence-electron chi connectivity index (χ4n) is 1.82. The Morgan fingerprint density at radius 3 is 2.53 bits per heavy atom. The van der Waals surface area contributed by atoms with Crippen LogP contribution in [0.3, 0.4) is 0 Å². The molecule has 0 amide bonds. The van der Waals surface area contributed by atoms with E-state index in [1.165, 1.54) is 13.0 Å². The molecule has 0 atom stereocenters. The molecular weight excluding hydrogens is 250 g/mol. The van der Waals surface area contributed by atoms with Gasteiger partial charge in [-0.25, -0.2) is 9.18 Å². The minimum atomic E-state index is -1.50. The number of fused-ring (bicyclic) bond motifs is 1. The van der Waals surface area contributed by atoms with Gasteiger partial charge in [0.15, 0.2) is 5.83 Å². The molecule has 2 aromatic carbocycles. The van der Waals surface area contributed by atoms with Crippen LogP contribution in [-0.2, 0) is 9.53 Å². The van der Waals surface area contributed by atoms with Crippen molar-refractivity contribution >= 4 is 22.6 Å². The average molecular weight is 262 g/mol. The Labute approximate surface area is 109 Å². The van der Waals surface area contributed by atoms with E-state index in [1.54, 1.807) is 36.4 Å². The monoisotopic (exact) mass is 262 g/mol. The van der Waals surface area contributed by atoms with Crippen LogP contribution < -0.4 is 0 Å². The first-order chi connectivity index (χ1) is 9.15. The molecule has 0 N–H and O–H groups in total. The summed E-state index contributed by atoms with van der Waals surface area (Å²) in [5.74, 6) is -3.98. The molecule has 0 aliphatic rings. The number of hydrogen-bond donors (Lipinski definition) is 0. The number of carbonyl (C=O) groups is 1. The number of carbonyl (C=O) groups excluding carboxylic acids is 1. The van der Waals surface area contributed by atoms with E-state index in [2.05, 4.69) is 4.74 Å². The van der Waals surface area contributed by atoms with Crippen LogP contribution in [0.4, 0.5) is 8.78 Å². The van der Waals surface area contributed by atoms with Crippen LogP contribution in [0.25, 0.3) is 16.6 Å². The topological polar surface area (TPSA) is 26.3 Å². The molecule has 4 heteroatoms. The zero-order valence-electron chi connectivity index (χ0n) is 10.3. The van der Waals surface area contributed by atoms with Crippen LogP contribution in [0.15, 0.2) is 48.3 Å². The van der Waals surface area contributed by atoms with Crippen molar-refractivity contribution < 1.29 is 18.3 Å². The van der Waals surface area contributed by atoms with Gasteiger partial charge in [-0.15, -0.1) is 0 Å². The number of esters is 1. The van der Waals surface area contributed by atoms with Gasteiger partial charge in [0.2, 0.25) is 5.83 Å². The minimum Gasteiger partial charge on any atom is -0.461 e. The maximum atomic E-state index is 14.0. The fourth-order valence-corrected chi connectivity index (χ4v) is 1.82. The normalized spacial score (nSPS) is 12.2. The Morgan fingerprint density at radius 1 is 1.11 bits per heavy atom. The summed E-state index contributed by atoms with van der Waals surface area (Å²) in [6.45, 7) is 1.52. The molecule has 0 unspecified atom stereocenters. The lowest BCUT2D eigenvalue weighted by Gasteiger charge is -2.05. The van der Waals surface area contributed by atoms with Crippen molar-refractivity contribution in [2.45, 2.75) is 6.92 Å². The Morgan fingerprint density at radius 2 is 1.79 bits per heavy atom. The van der Waals surface area contributed by atoms with E-state index in [9.17, 15) is 13.6 Å². The second-order valence-corrected chi connectivity index (χ2v) is 3.88. The lowest BCUT2D eigenvalue weighted by Crippen LogP contribution is -2.05. The highest BCUT2D eigenvalue weighted by Gasteiger charge is 2.19. The molecule has 98 valence electrons. The molecule has 0 radical (unpaired) electrons. The first kappa shape index (κ1) is 13.2. The largest absolute Gasteiger partial charge is 0.461 e. The maximum absolute atomic E-state index is 14.0. The molecule has 19 heavy (non-hydrogen) atoms. The molecule has 2 rings (SSSR count). The van der Waals surface area contributed by atoms with Gasteiger partial charge in [0.1, 0.15) is 0 Å². The van der Waals surface area contributed by atoms with Gasteiger partial charge in [0.05, 0.1) is 6.61 Å². The van der Waals surface area contributed by atoms with Crippen LogP contribution in [0.1, 0.15) is 12.5 Å². The van der Waals surface area contributed by atoms with E-state index < -0.39 is 17.6 Å². The van der Waals surface area contributed by atoms with Crippen molar-refractivity contribution in [1.29, 1.82) is 0 Å². The molecule has 0 aliphatic heterocycles. The molecule has 0 spiro atoms. The Kier molecular flexibility index (Phi) is 3.90. The number of benzene rings is 2. The summed E-state index contributed by atoms with van der Waals surface area (Å²) in [7, 11) is 0. The van der Waals surface area contributed by atoms with E-state index in [0.717, 1.165) is 5.39 Å². The molecule has 0 saturated carbocycles. The summed E-state index contributed by atoms with van der Waals surface area (Å²) < 4.78 is 32.1. The molecule has 2 aromatic rings.